The largest absolute Gasteiger partial charge is 0.489 e. The fourth-order valence-corrected chi connectivity index (χ4v) is 2.95. The Morgan fingerprint density at radius 1 is 1.21 bits per heavy atom. The summed E-state index contributed by atoms with van der Waals surface area (Å²) in [5, 5.41) is 8.73. The van der Waals surface area contributed by atoms with Crippen LogP contribution in [0.1, 0.15) is 5.56 Å². The maximum atomic E-state index is 13.0. The number of hydrogen-bond donors (Lipinski definition) is 2. The van der Waals surface area contributed by atoms with Gasteiger partial charge in [-0.25, -0.2) is 12.8 Å². The van der Waals surface area contributed by atoms with Gasteiger partial charge in [0.25, 0.3) is 0 Å². The van der Waals surface area contributed by atoms with Crippen molar-refractivity contribution < 1.29 is 27.4 Å². The van der Waals surface area contributed by atoms with Gasteiger partial charge in [-0.3, -0.25) is 4.79 Å². The highest BCUT2D eigenvalue weighted by Crippen LogP contribution is 2.21. The molecule has 0 saturated heterocycles. The first-order chi connectivity index (χ1) is 11.3. The smallest absolute Gasteiger partial charge is 0.318 e. The number of nitrogens with one attached hydrogen (secondary N) is 1. The molecule has 24 heavy (non-hydrogen) atoms. The van der Waals surface area contributed by atoms with Gasteiger partial charge in [-0.05, 0) is 36.4 Å². The molecular weight excluding hydrogens is 361 g/mol. The number of aliphatic carboxylic acids is 1. The molecule has 0 bridgehead atoms. The number of benzene rings is 2. The summed E-state index contributed by atoms with van der Waals surface area (Å²) < 4.78 is 44.0. The number of halogens is 2. The van der Waals surface area contributed by atoms with Crippen LogP contribution < -0.4 is 9.46 Å². The van der Waals surface area contributed by atoms with E-state index in [2.05, 4.69) is 0 Å². The number of carboxylic acids is 1. The van der Waals surface area contributed by atoms with Crippen LogP contribution in [0, 0.1) is 5.82 Å². The van der Waals surface area contributed by atoms with Crippen LogP contribution in [-0.2, 0) is 21.4 Å². The summed E-state index contributed by atoms with van der Waals surface area (Å²) in [5.41, 5.74) is 0.581. The van der Waals surface area contributed by atoms with E-state index in [9.17, 15) is 17.6 Å². The molecule has 128 valence electrons. The summed E-state index contributed by atoms with van der Waals surface area (Å²) >= 11 is 5.89. The number of hydrogen-bond acceptors (Lipinski definition) is 4. The zero-order valence-electron chi connectivity index (χ0n) is 12.2. The van der Waals surface area contributed by atoms with E-state index in [0.29, 0.717) is 11.3 Å². The molecule has 0 fully saturated rings. The summed E-state index contributed by atoms with van der Waals surface area (Å²) in [6.45, 7) is -0.619. The zero-order valence-corrected chi connectivity index (χ0v) is 13.8. The Hall–Kier alpha value is -2.16. The van der Waals surface area contributed by atoms with Gasteiger partial charge in [0.05, 0.1) is 9.92 Å². The monoisotopic (exact) mass is 373 g/mol. The van der Waals surface area contributed by atoms with E-state index in [1.54, 1.807) is 0 Å². The van der Waals surface area contributed by atoms with Crippen LogP contribution in [0.3, 0.4) is 0 Å². The second-order valence-electron chi connectivity index (χ2n) is 4.71. The van der Waals surface area contributed by atoms with Crippen molar-refractivity contribution >= 4 is 27.6 Å². The van der Waals surface area contributed by atoms with E-state index in [1.165, 1.54) is 42.5 Å². The number of carboxylic acid groups (broad SMARTS) is 1. The predicted molar refractivity (Wildman–Crippen MR) is 85.0 cm³/mol. The molecule has 0 spiro atoms. The molecule has 0 saturated carbocycles. The Kier molecular flexibility index (Phi) is 5.76. The van der Waals surface area contributed by atoms with Crippen LogP contribution in [0.2, 0.25) is 5.02 Å². The average Bonchev–Trinajstić information content (AvgIpc) is 2.53. The first-order valence-electron chi connectivity index (χ1n) is 6.66. The molecule has 0 aliphatic rings. The highest BCUT2D eigenvalue weighted by Gasteiger charge is 2.15. The highest BCUT2D eigenvalue weighted by molar-refractivity contribution is 7.89. The Balaban J connectivity index is 2.03. The van der Waals surface area contributed by atoms with E-state index < -0.39 is 28.4 Å². The molecule has 0 aliphatic heterocycles. The van der Waals surface area contributed by atoms with Crippen LogP contribution in [0.15, 0.2) is 47.4 Å². The van der Waals surface area contributed by atoms with Gasteiger partial charge in [-0.2, -0.15) is 4.72 Å². The van der Waals surface area contributed by atoms with E-state index in [-0.39, 0.29) is 16.5 Å². The summed E-state index contributed by atoms with van der Waals surface area (Å²) in [5.74, 6) is -1.35. The van der Waals surface area contributed by atoms with Crippen molar-refractivity contribution in [1.29, 1.82) is 0 Å². The molecule has 0 heterocycles. The second-order valence-corrected chi connectivity index (χ2v) is 6.89. The van der Waals surface area contributed by atoms with E-state index in [0.717, 1.165) is 0 Å². The topological polar surface area (TPSA) is 92.7 Å². The number of rotatable bonds is 7. The van der Waals surface area contributed by atoms with Gasteiger partial charge in [0, 0.05) is 5.56 Å². The molecule has 0 radical (unpaired) electrons. The van der Waals surface area contributed by atoms with Crippen LogP contribution in [-0.4, -0.2) is 26.0 Å². The summed E-state index contributed by atoms with van der Waals surface area (Å²) in [6.07, 6.45) is 0. The van der Waals surface area contributed by atoms with Crippen molar-refractivity contribution in [3.63, 3.8) is 0 Å². The van der Waals surface area contributed by atoms with Crippen molar-refractivity contribution in [1.82, 2.24) is 4.72 Å². The summed E-state index contributed by atoms with van der Waals surface area (Å²) in [4.78, 5) is 10.3. The van der Waals surface area contributed by atoms with Gasteiger partial charge in [0.1, 0.15) is 24.7 Å². The third-order valence-corrected chi connectivity index (χ3v) is 4.73. The van der Waals surface area contributed by atoms with Crippen molar-refractivity contribution in [3.8, 4) is 5.75 Å². The molecule has 0 atom stereocenters. The number of carbonyl (C=O) groups is 1. The second kappa shape index (κ2) is 7.61. The average molecular weight is 374 g/mol. The summed E-state index contributed by atoms with van der Waals surface area (Å²) in [6, 6.07) is 9.34. The van der Waals surface area contributed by atoms with Gasteiger partial charge < -0.3 is 9.84 Å². The highest BCUT2D eigenvalue weighted by atomic mass is 35.5. The van der Waals surface area contributed by atoms with E-state index >= 15 is 0 Å². The molecule has 2 N–H and O–H groups in total. The van der Waals surface area contributed by atoms with Gasteiger partial charge in [-0.1, -0.05) is 17.7 Å². The maximum Gasteiger partial charge on any atom is 0.318 e. The minimum absolute atomic E-state index is 0.0858. The normalized spacial score (nSPS) is 11.2. The first-order valence-corrected chi connectivity index (χ1v) is 8.52. The lowest BCUT2D eigenvalue weighted by molar-refractivity contribution is -0.135. The molecule has 2 aromatic carbocycles. The van der Waals surface area contributed by atoms with Crippen LogP contribution in [0.25, 0.3) is 0 Å². The van der Waals surface area contributed by atoms with Crippen LogP contribution in [0.5, 0.6) is 5.75 Å². The molecule has 6 nitrogen and oxygen atoms in total. The van der Waals surface area contributed by atoms with E-state index in [4.69, 9.17) is 21.4 Å². The standard InChI is InChI=1S/C15H13ClFNO5S/c16-14-7-11(17)2-1-10(14)9-23-12-3-5-13(6-4-12)24(21,22)18-8-15(19)20/h1-7,18H,8-9H2,(H,19,20). The first kappa shape index (κ1) is 18.2. The van der Waals surface area contributed by atoms with Crippen molar-refractivity contribution in [2.75, 3.05) is 6.54 Å². The lowest BCUT2D eigenvalue weighted by Gasteiger charge is -2.09. The van der Waals surface area contributed by atoms with Crippen LogP contribution in [0.4, 0.5) is 4.39 Å². The molecule has 2 aromatic rings. The fourth-order valence-electron chi connectivity index (χ4n) is 1.75. The third-order valence-electron chi connectivity index (χ3n) is 2.96. The fraction of sp³-hybridized carbons (Fsp3) is 0.133. The minimum Gasteiger partial charge on any atom is -0.489 e. The molecule has 0 amide bonds. The SMILES string of the molecule is O=C(O)CNS(=O)(=O)c1ccc(OCc2ccc(F)cc2Cl)cc1. The third kappa shape index (κ3) is 4.92. The maximum absolute atomic E-state index is 13.0. The van der Waals surface area contributed by atoms with Gasteiger partial charge >= 0.3 is 5.97 Å². The van der Waals surface area contributed by atoms with E-state index in [1.807, 2.05) is 4.72 Å². The minimum atomic E-state index is -3.90. The van der Waals surface area contributed by atoms with Crippen LogP contribution >= 0.6 is 11.6 Å². The van der Waals surface area contributed by atoms with Crippen molar-refractivity contribution in [2.24, 2.45) is 0 Å². The van der Waals surface area contributed by atoms with Gasteiger partial charge in [0.15, 0.2) is 0 Å². The molecule has 0 unspecified atom stereocenters. The van der Waals surface area contributed by atoms with Crippen molar-refractivity contribution in [3.05, 3.63) is 58.9 Å². The number of sulfonamides is 1. The quantitative estimate of drug-likeness (QED) is 0.777. The van der Waals surface area contributed by atoms with Gasteiger partial charge in [0.2, 0.25) is 10.0 Å². The zero-order chi connectivity index (χ0) is 17.7. The number of ether oxygens (including phenoxy) is 1. The summed E-state index contributed by atoms with van der Waals surface area (Å²) in [7, 11) is -3.90. The molecule has 0 aliphatic carbocycles. The molecular formula is C15H13ClFNO5S. The molecule has 9 heteroatoms. The van der Waals surface area contributed by atoms with Gasteiger partial charge in [-0.15, -0.1) is 0 Å². The Bertz CT molecular complexity index is 839. The predicted octanol–water partition coefficient (Wildman–Crippen LogP) is 2.42. The Morgan fingerprint density at radius 3 is 2.46 bits per heavy atom. The Labute approximate surface area is 142 Å². The lowest BCUT2D eigenvalue weighted by atomic mass is 10.2. The Morgan fingerprint density at radius 2 is 1.88 bits per heavy atom. The molecule has 0 aromatic heterocycles. The lowest BCUT2D eigenvalue weighted by Crippen LogP contribution is -2.29. The van der Waals surface area contributed by atoms with Crippen molar-refractivity contribution in [2.45, 2.75) is 11.5 Å². The molecule has 2 rings (SSSR count).